The van der Waals surface area contributed by atoms with Gasteiger partial charge in [-0.2, -0.15) is 0 Å². The monoisotopic (exact) mass is 415 g/mol. The minimum Gasteiger partial charge on any atom is -0.348 e. The van der Waals surface area contributed by atoms with E-state index in [1.165, 1.54) is 10.6 Å². The largest absolute Gasteiger partial charge is 0.348 e. The minimum atomic E-state index is -3.46. The van der Waals surface area contributed by atoms with Gasteiger partial charge in [0.1, 0.15) is 0 Å². The molecule has 1 aromatic heterocycles. The smallest absolute Gasteiger partial charge is 0.232 e. The third kappa shape index (κ3) is 3.66. The topological polar surface area (TPSA) is 66.1 Å². The van der Waals surface area contributed by atoms with Gasteiger partial charge >= 0.3 is 0 Å². The van der Waals surface area contributed by atoms with Gasteiger partial charge in [0.25, 0.3) is 0 Å². The Morgan fingerprint density at radius 2 is 2.00 bits per heavy atom. The van der Waals surface area contributed by atoms with Crippen molar-refractivity contribution in [1.29, 1.82) is 0 Å². The molecule has 2 aromatic carbocycles. The summed E-state index contributed by atoms with van der Waals surface area (Å²) in [6, 6.07) is 13.3. The Labute approximate surface area is 170 Å². The molecule has 3 aromatic rings. The quantitative estimate of drug-likeness (QED) is 0.667. The fraction of sp³-hybridized carbons (Fsp3) is 0.286. The van der Waals surface area contributed by atoms with E-state index >= 15 is 0 Å². The zero-order chi connectivity index (χ0) is 19.7. The molecular formula is C21H22ClN3O2S. The minimum absolute atomic E-state index is 0.0943. The second kappa shape index (κ2) is 7.60. The first-order valence-electron chi connectivity index (χ1n) is 9.26. The Bertz CT molecular complexity index is 1070. The number of aromatic nitrogens is 2. The SMILES string of the molecule is CS(=O)(=O)N(Cc1ccccc1)c1ccc(Cl)c2c1CCCC2c1cnc[nH]1. The van der Waals surface area contributed by atoms with Gasteiger partial charge in [0.2, 0.25) is 10.0 Å². The maximum atomic E-state index is 12.7. The van der Waals surface area contributed by atoms with Gasteiger partial charge in [-0.25, -0.2) is 13.4 Å². The normalized spacial score (nSPS) is 16.6. The van der Waals surface area contributed by atoms with E-state index in [4.69, 9.17) is 11.6 Å². The van der Waals surface area contributed by atoms with Crippen molar-refractivity contribution in [2.75, 3.05) is 10.6 Å². The van der Waals surface area contributed by atoms with E-state index in [1.807, 2.05) is 48.7 Å². The predicted molar refractivity (Wildman–Crippen MR) is 112 cm³/mol. The highest BCUT2D eigenvalue weighted by Crippen LogP contribution is 2.44. The number of rotatable bonds is 5. The van der Waals surface area contributed by atoms with Crippen LogP contribution < -0.4 is 4.31 Å². The van der Waals surface area contributed by atoms with Crippen molar-refractivity contribution in [2.24, 2.45) is 0 Å². The number of nitrogens with one attached hydrogen (secondary N) is 1. The average Bonchev–Trinajstić information content (AvgIpc) is 3.21. The fourth-order valence-electron chi connectivity index (χ4n) is 4.02. The summed E-state index contributed by atoms with van der Waals surface area (Å²) >= 11 is 6.60. The summed E-state index contributed by atoms with van der Waals surface area (Å²) in [5.41, 5.74) is 4.69. The molecule has 28 heavy (non-hydrogen) atoms. The van der Waals surface area contributed by atoms with Crippen LogP contribution in [-0.2, 0) is 23.0 Å². The Balaban J connectivity index is 1.84. The molecule has 0 bridgehead atoms. The number of benzene rings is 2. The van der Waals surface area contributed by atoms with Crippen LogP contribution in [0.1, 0.15) is 41.1 Å². The maximum Gasteiger partial charge on any atom is 0.232 e. The second-order valence-corrected chi connectivity index (χ2v) is 9.48. The number of aromatic amines is 1. The Morgan fingerprint density at radius 1 is 1.21 bits per heavy atom. The summed E-state index contributed by atoms with van der Waals surface area (Å²) in [6.07, 6.45) is 7.46. The number of halogens is 1. The van der Waals surface area contributed by atoms with E-state index in [9.17, 15) is 8.42 Å². The van der Waals surface area contributed by atoms with E-state index < -0.39 is 10.0 Å². The van der Waals surface area contributed by atoms with Crippen LogP contribution in [0.2, 0.25) is 5.02 Å². The molecule has 0 fully saturated rings. The standard InChI is InChI=1S/C21H22ClN3O2S/c1-28(26,27)25(13-15-6-3-2-4-7-15)20-11-10-18(22)21-16(8-5-9-17(20)21)19-12-23-14-24-19/h2-4,6-7,10-12,14,16H,5,8-9,13H2,1H3,(H,23,24). The van der Waals surface area contributed by atoms with Crippen molar-refractivity contribution in [1.82, 2.24) is 9.97 Å². The van der Waals surface area contributed by atoms with Gasteiger partial charge in [-0.05, 0) is 48.1 Å². The lowest BCUT2D eigenvalue weighted by Gasteiger charge is -2.32. The molecule has 1 heterocycles. The molecule has 0 radical (unpaired) electrons. The lowest BCUT2D eigenvalue weighted by molar-refractivity contribution is 0.592. The number of nitrogens with zero attached hydrogens (tertiary/aromatic N) is 2. The molecule has 0 saturated heterocycles. The van der Waals surface area contributed by atoms with Crippen LogP contribution in [0.25, 0.3) is 0 Å². The van der Waals surface area contributed by atoms with Gasteiger partial charge in [0.05, 0.1) is 24.8 Å². The summed E-state index contributed by atoms with van der Waals surface area (Å²) in [5.74, 6) is 0.0943. The Hall–Kier alpha value is -2.31. The number of fused-ring (bicyclic) bond motifs is 1. The first-order valence-corrected chi connectivity index (χ1v) is 11.5. The molecule has 0 amide bonds. The van der Waals surface area contributed by atoms with Crippen LogP contribution in [0, 0.1) is 0 Å². The first-order chi connectivity index (χ1) is 13.4. The van der Waals surface area contributed by atoms with E-state index in [1.54, 1.807) is 6.33 Å². The molecule has 0 spiro atoms. The molecule has 7 heteroatoms. The van der Waals surface area contributed by atoms with Gasteiger partial charge in [-0.15, -0.1) is 0 Å². The van der Waals surface area contributed by atoms with Gasteiger partial charge in [-0.3, -0.25) is 4.31 Å². The number of sulfonamides is 1. The van der Waals surface area contributed by atoms with Crippen LogP contribution in [-0.4, -0.2) is 24.6 Å². The molecule has 0 saturated carbocycles. The first kappa shape index (κ1) is 19.0. The highest BCUT2D eigenvalue weighted by atomic mass is 35.5. The van der Waals surface area contributed by atoms with Crippen molar-refractivity contribution in [3.63, 3.8) is 0 Å². The average molecular weight is 416 g/mol. The highest BCUT2D eigenvalue weighted by Gasteiger charge is 2.30. The van der Waals surface area contributed by atoms with Crippen molar-refractivity contribution >= 4 is 27.3 Å². The van der Waals surface area contributed by atoms with Crippen LogP contribution in [0.4, 0.5) is 5.69 Å². The number of H-pyrrole nitrogens is 1. The molecule has 0 aliphatic heterocycles. The maximum absolute atomic E-state index is 12.7. The molecule has 146 valence electrons. The van der Waals surface area contributed by atoms with E-state index in [0.717, 1.165) is 47.3 Å². The van der Waals surface area contributed by atoms with Crippen LogP contribution in [0.15, 0.2) is 55.0 Å². The summed E-state index contributed by atoms with van der Waals surface area (Å²) in [4.78, 5) is 7.34. The van der Waals surface area contributed by atoms with Gasteiger partial charge < -0.3 is 4.98 Å². The second-order valence-electron chi connectivity index (χ2n) is 7.17. The number of imidazole rings is 1. The van der Waals surface area contributed by atoms with Crippen molar-refractivity contribution in [2.45, 2.75) is 31.7 Å². The third-order valence-electron chi connectivity index (χ3n) is 5.28. The van der Waals surface area contributed by atoms with Gasteiger partial charge in [-0.1, -0.05) is 41.9 Å². The summed E-state index contributed by atoms with van der Waals surface area (Å²) in [7, 11) is -3.46. The van der Waals surface area contributed by atoms with Gasteiger partial charge in [0.15, 0.2) is 0 Å². The Morgan fingerprint density at radius 3 is 2.68 bits per heavy atom. The number of hydrogen-bond acceptors (Lipinski definition) is 3. The lowest BCUT2D eigenvalue weighted by atomic mass is 9.80. The number of anilines is 1. The molecule has 1 atom stereocenters. The fourth-order valence-corrected chi connectivity index (χ4v) is 5.24. The van der Waals surface area contributed by atoms with Crippen LogP contribution in [0.3, 0.4) is 0 Å². The van der Waals surface area contributed by atoms with E-state index in [-0.39, 0.29) is 5.92 Å². The van der Waals surface area contributed by atoms with Gasteiger partial charge in [0, 0.05) is 22.8 Å². The molecule has 1 aliphatic rings. The van der Waals surface area contributed by atoms with Crippen LogP contribution in [0.5, 0.6) is 0 Å². The molecule has 5 nitrogen and oxygen atoms in total. The zero-order valence-electron chi connectivity index (χ0n) is 15.6. The van der Waals surface area contributed by atoms with E-state index in [0.29, 0.717) is 11.6 Å². The van der Waals surface area contributed by atoms with Crippen molar-refractivity contribution < 1.29 is 8.42 Å². The molecule has 1 aliphatic carbocycles. The summed E-state index contributed by atoms with van der Waals surface area (Å²) < 4.78 is 26.9. The predicted octanol–water partition coefficient (Wildman–Crippen LogP) is 4.50. The zero-order valence-corrected chi connectivity index (χ0v) is 17.2. The van der Waals surface area contributed by atoms with Crippen molar-refractivity contribution in [3.05, 3.63) is 82.4 Å². The van der Waals surface area contributed by atoms with E-state index in [2.05, 4.69) is 9.97 Å². The summed E-state index contributed by atoms with van der Waals surface area (Å²) in [6.45, 7) is 0.294. The molecular weight excluding hydrogens is 394 g/mol. The van der Waals surface area contributed by atoms with Crippen molar-refractivity contribution in [3.8, 4) is 0 Å². The molecule has 4 rings (SSSR count). The Kier molecular flexibility index (Phi) is 5.17. The lowest BCUT2D eigenvalue weighted by Crippen LogP contribution is -2.31. The molecule has 1 N–H and O–H groups in total. The molecule has 1 unspecified atom stereocenters. The summed E-state index contributed by atoms with van der Waals surface area (Å²) in [5, 5.41) is 0.672. The van der Waals surface area contributed by atoms with Crippen LogP contribution >= 0.6 is 11.6 Å². The third-order valence-corrected chi connectivity index (χ3v) is 6.74. The number of hydrogen-bond donors (Lipinski definition) is 1. The highest BCUT2D eigenvalue weighted by molar-refractivity contribution is 7.92.